The Balaban J connectivity index is 1.40. The molecule has 0 fully saturated rings. The maximum Gasteiger partial charge on any atom is 0.321 e. The molecular formula is C24H19Br2N5O2. The van der Waals surface area contributed by atoms with Gasteiger partial charge in [0, 0.05) is 39.9 Å². The van der Waals surface area contributed by atoms with Crippen molar-refractivity contribution < 1.29 is 9.53 Å². The average Bonchev–Trinajstić information content (AvgIpc) is 3.21. The first kappa shape index (κ1) is 21.8. The van der Waals surface area contributed by atoms with Gasteiger partial charge in [0.25, 0.3) is 5.91 Å². The molecule has 0 atom stereocenters. The lowest BCUT2D eigenvalue weighted by Gasteiger charge is -2.14. The molecule has 1 N–H and O–H groups in total. The Labute approximate surface area is 207 Å². The molecule has 0 spiro atoms. The minimum Gasteiger partial charge on any atom is -0.424 e. The van der Waals surface area contributed by atoms with E-state index in [4.69, 9.17) is 9.84 Å². The third-order valence-corrected chi connectivity index (χ3v) is 6.30. The summed E-state index contributed by atoms with van der Waals surface area (Å²) in [7, 11) is 0. The topological polar surface area (TPSA) is 81.9 Å². The van der Waals surface area contributed by atoms with Crippen LogP contribution in [0.15, 0.2) is 69.9 Å². The Morgan fingerprint density at radius 3 is 2.52 bits per heavy atom. The van der Waals surface area contributed by atoms with Crippen molar-refractivity contribution in [2.24, 2.45) is 0 Å². The number of carbonyl (C=O) groups excluding carboxylic acids is 1. The fraction of sp³-hybridized carbons (Fsp3) is 0.167. The van der Waals surface area contributed by atoms with Gasteiger partial charge in [-0.15, -0.1) is 0 Å². The Morgan fingerprint density at radius 1 is 0.970 bits per heavy atom. The molecule has 2 aromatic carbocycles. The Hall–Kier alpha value is -3.04. The van der Waals surface area contributed by atoms with Gasteiger partial charge in [0.05, 0.1) is 10.2 Å². The van der Waals surface area contributed by atoms with Crippen molar-refractivity contribution in [3.05, 3.63) is 86.8 Å². The summed E-state index contributed by atoms with van der Waals surface area (Å²) in [6, 6.07) is 15.3. The molecule has 2 heterocycles. The summed E-state index contributed by atoms with van der Waals surface area (Å²) in [5.41, 5.74) is 4.16. The molecule has 0 bridgehead atoms. The van der Waals surface area contributed by atoms with E-state index >= 15 is 0 Å². The number of aromatic nitrogens is 4. The molecule has 9 heteroatoms. The van der Waals surface area contributed by atoms with Crippen LogP contribution in [0.1, 0.15) is 34.6 Å². The van der Waals surface area contributed by atoms with E-state index in [0.29, 0.717) is 17.1 Å². The lowest BCUT2D eigenvalue weighted by molar-refractivity contribution is 0.102. The number of fused-ring (bicyclic) bond motifs is 1. The molecular weight excluding hydrogens is 550 g/mol. The quantitative estimate of drug-likeness (QED) is 0.314. The van der Waals surface area contributed by atoms with Crippen LogP contribution in [-0.4, -0.2) is 25.7 Å². The number of halogens is 2. The minimum atomic E-state index is -0.235. The van der Waals surface area contributed by atoms with Crippen LogP contribution in [0.5, 0.6) is 11.8 Å². The van der Waals surface area contributed by atoms with Crippen LogP contribution in [0, 0.1) is 0 Å². The molecule has 0 radical (unpaired) electrons. The highest BCUT2D eigenvalue weighted by Crippen LogP contribution is 2.29. The highest BCUT2D eigenvalue weighted by molar-refractivity contribution is 9.10. The van der Waals surface area contributed by atoms with Crippen LogP contribution in [0.2, 0.25) is 0 Å². The van der Waals surface area contributed by atoms with Crippen molar-refractivity contribution in [3.8, 4) is 17.4 Å². The first-order valence-corrected chi connectivity index (χ1v) is 12.1. The van der Waals surface area contributed by atoms with Gasteiger partial charge in [-0.1, -0.05) is 22.0 Å². The summed E-state index contributed by atoms with van der Waals surface area (Å²) in [4.78, 5) is 21.5. The molecule has 1 aliphatic rings. The predicted octanol–water partition coefficient (Wildman–Crippen LogP) is 6.11. The molecule has 2 aromatic heterocycles. The summed E-state index contributed by atoms with van der Waals surface area (Å²) in [6.07, 6.45) is 7.11. The summed E-state index contributed by atoms with van der Waals surface area (Å²) in [5, 5.41) is 7.69. The number of anilines is 1. The molecule has 33 heavy (non-hydrogen) atoms. The highest BCUT2D eigenvalue weighted by Gasteiger charge is 2.25. The van der Waals surface area contributed by atoms with Gasteiger partial charge in [-0.25, -0.2) is 14.6 Å². The molecule has 0 unspecified atom stereocenters. The van der Waals surface area contributed by atoms with E-state index in [-0.39, 0.29) is 11.9 Å². The normalized spacial score (nSPS) is 12.8. The number of nitrogens with one attached hydrogen (secondary N) is 1. The van der Waals surface area contributed by atoms with Gasteiger partial charge in [0.15, 0.2) is 5.69 Å². The van der Waals surface area contributed by atoms with Gasteiger partial charge >= 0.3 is 6.01 Å². The number of benzene rings is 2. The highest BCUT2D eigenvalue weighted by atomic mass is 79.9. The first-order valence-electron chi connectivity index (χ1n) is 10.5. The van der Waals surface area contributed by atoms with Crippen LogP contribution in [0.25, 0.3) is 5.69 Å². The summed E-state index contributed by atoms with van der Waals surface area (Å²) >= 11 is 6.77. The van der Waals surface area contributed by atoms with Crippen molar-refractivity contribution in [3.63, 3.8) is 0 Å². The Morgan fingerprint density at radius 2 is 1.73 bits per heavy atom. The van der Waals surface area contributed by atoms with Crippen molar-refractivity contribution in [1.82, 2.24) is 19.7 Å². The van der Waals surface area contributed by atoms with Crippen molar-refractivity contribution in [2.75, 3.05) is 5.32 Å². The van der Waals surface area contributed by atoms with Gasteiger partial charge in [-0.05, 0) is 78.0 Å². The fourth-order valence-electron chi connectivity index (χ4n) is 3.86. The summed E-state index contributed by atoms with van der Waals surface area (Å²) < 4.78 is 9.37. The maximum absolute atomic E-state index is 13.2. The predicted molar refractivity (Wildman–Crippen MR) is 132 cm³/mol. The third-order valence-electron chi connectivity index (χ3n) is 5.36. The zero-order valence-corrected chi connectivity index (χ0v) is 20.6. The lowest BCUT2D eigenvalue weighted by atomic mass is 9.95. The lowest BCUT2D eigenvalue weighted by Crippen LogP contribution is -2.15. The van der Waals surface area contributed by atoms with Gasteiger partial charge in [0.2, 0.25) is 0 Å². The number of carbonyl (C=O) groups is 1. The Bertz CT molecular complexity index is 1300. The largest absolute Gasteiger partial charge is 0.424 e. The zero-order chi connectivity index (χ0) is 22.8. The number of rotatable bonds is 5. The summed E-state index contributed by atoms with van der Waals surface area (Å²) in [5.74, 6) is 0.290. The molecule has 7 nitrogen and oxygen atoms in total. The number of amides is 1. The van der Waals surface area contributed by atoms with E-state index in [9.17, 15) is 4.79 Å². The molecule has 0 saturated heterocycles. The first-order chi connectivity index (χ1) is 16.1. The summed E-state index contributed by atoms with van der Waals surface area (Å²) in [6.45, 7) is 0. The van der Waals surface area contributed by atoms with E-state index in [1.54, 1.807) is 30.6 Å². The molecule has 1 amide bonds. The SMILES string of the molecule is O=C(Nc1cccc(Oc2ncc(Br)cn2)c1)c1nn(-c2ccc(Br)cc2)c2c1CCCC2. The van der Waals surface area contributed by atoms with E-state index < -0.39 is 0 Å². The number of hydrogen-bond donors (Lipinski definition) is 1. The van der Waals surface area contributed by atoms with Crippen LogP contribution in [0.3, 0.4) is 0 Å². The fourth-order valence-corrected chi connectivity index (χ4v) is 4.33. The number of hydrogen-bond acceptors (Lipinski definition) is 5. The monoisotopic (exact) mass is 567 g/mol. The van der Waals surface area contributed by atoms with E-state index in [2.05, 4.69) is 47.1 Å². The van der Waals surface area contributed by atoms with Gasteiger partial charge < -0.3 is 10.1 Å². The molecule has 0 saturated carbocycles. The van der Waals surface area contributed by atoms with E-state index in [1.165, 1.54) is 0 Å². The molecule has 4 aromatic rings. The average molecular weight is 569 g/mol. The zero-order valence-electron chi connectivity index (χ0n) is 17.5. The third kappa shape index (κ3) is 4.84. The number of ether oxygens (including phenoxy) is 1. The van der Waals surface area contributed by atoms with Crippen LogP contribution in [-0.2, 0) is 12.8 Å². The second-order valence-corrected chi connectivity index (χ2v) is 9.47. The standard InChI is InChI=1S/C24H19Br2N5O2/c25-15-8-10-18(11-9-15)31-21-7-2-1-6-20(21)22(30-31)23(32)29-17-4-3-5-19(12-17)33-24-27-13-16(26)14-28-24/h3-5,8-14H,1-2,6-7H2,(H,29,32). The van der Waals surface area contributed by atoms with Crippen LogP contribution in [0.4, 0.5) is 5.69 Å². The van der Waals surface area contributed by atoms with Gasteiger partial charge in [0.1, 0.15) is 5.75 Å². The van der Waals surface area contributed by atoms with Crippen LogP contribution >= 0.6 is 31.9 Å². The van der Waals surface area contributed by atoms with Gasteiger partial charge in [-0.3, -0.25) is 4.79 Å². The smallest absolute Gasteiger partial charge is 0.321 e. The van der Waals surface area contributed by atoms with Crippen molar-refractivity contribution in [2.45, 2.75) is 25.7 Å². The van der Waals surface area contributed by atoms with Crippen molar-refractivity contribution in [1.29, 1.82) is 0 Å². The van der Waals surface area contributed by atoms with Crippen molar-refractivity contribution >= 4 is 43.5 Å². The molecule has 166 valence electrons. The second-order valence-electron chi connectivity index (χ2n) is 7.64. The maximum atomic E-state index is 13.2. The molecule has 5 rings (SSSR count). The van der Waals surface area contributed by atoms with E-state index in [0.717, 1.165) is 51.6 Å². The van der Waals surface area contributed by atoms with E-state index in [1.807, 2.05) is 35.0 Å². The number of nitrogens with zero attached hydrogens (tertiary/aromatic N) is 4. The van der Waals surface area contributed by atoms with Gasteiger partial charge in [-0.2, -0.15) is 5.10 Å². The molecule has 1 aliphatic carbocycles. The Kier molecular flexibility index (Phi) is 6.24. The minimum absolute atomic E-state index is 0.226. The van der Waals surface area contributed by atoms with Crippen LogP contribution < -0.4 is 10.1 Å². The second kappa shape index (κ2) is 9.44. The molecule has 0 aliphatic heterocycles.